The van der Waals surface area contributed by atoms with Gasteiger partial charge >= 0.3 is 0 Å². The fraction of sp³-hybridized carbons (Fsp3) is 0.188. The van der Waals surface area contributed by atoms with E-state index in [0.29, 0.717) is 28.5 Å². The van der Waals surface area contributed by atoms with Crippen LogP contribution < -0.4 is 14.9 Å². The number of nitrogens with zero attached hydrogens (tertiary/aromatic N) is 3. The summed E-state index contributed by atoms with van der Waals surface area (Å²) in [4.78, 5) is 17.5. The van der Waals surface area contributed by atoms with E-state index in [1.807, 2.05) is 23.7 Å². The number of rotatable bonds is 5. The van der Waals surface area contributed by atoms with Crippen LogP contribution in [-0.4, -0.2) is 35.7 Å². The van der Waals surface area contributed by atoms with E-state index in [9.17, 15) is 4.79 Å². The second kappa shape index (κ2) is 6.71. The molecular weight excluding hydrogens is 328 g/mol. The van der Waals surface area contributed by atoms with Crippen molar-refractivity contribution in [2.24, 2.45) is 5.10 Å². The van der Waals surface area contributed by atoms with E-state index in [-0.39, 0.29) is 5.91 Å². The molecule has 0 aliphatic heterocycles. The van der Waals surface area contributed by atoms with Gasteiger partial charge in [0.25, 0.3) is 5.91 Å². The van der Waals surface area contributed by atoms with Gasteiger partial charge in [-0.25, -0.2) is 10.4 Å². The van der Waals surface area contributed by atoms with Crippen molar-refractivity contribution < 1.29 is 14.3 Å². The van der Waals surface area contributed by atoms with Crippen molar-refractivity contribution in [2.75, 3.05) is 14.2 Å². The SMILES string of the molecule is COc1cccc(/C=N\NC(=O)c2c(C)nc3sccn23)c1OC. The zero-order chi connectivity index (χ0) is 17.1. The highest BCUT2D eigenvalue weighted by Gasteiger charge is 2.16. The van der Waals surface area contributed by atoms with Crippen LogP contribution in [-0.2, 0) is 0 Å². The minimum absolute atomic E-state index is 0.323. The summed E-state index contributed by atoms with van der Waals surface area (Å²) < 4.78 is 12.3. The molecule has 0 saturated carbocycles. The van der Waals surface area contributed by atoms with Crippen LogP contribution >= 0.6 is 11.3 Å². The van der Waals surface area contributed by atoms with Gasteiger partial charge in [0, 0.05) is 17.1 Å². The predicted octanol–water partition coefficient (Wildman–Crippen LogP) is 2.49. The van der Waals surface area contributed by atoms with Crippen molar-refractivity contribution in [1.29, 1.82) is 0 Å². The number of imidazole rings is 1. The lowest BCUT2D eigenvalue weighted by atomic mass is 10.2. The van der Waals surface area contributed by atoms with E-state index < -0.39 is 0 Å². The molecule has 0 radical (unpaired) electrons. The third-order valence-electron chi connectivity index (χ3n) is 3.45. The monoisotopic (exact) mass is 344 g/mol. The largest absolute Gasteiger partial charge is 0.493 e. The van der Waals surface area contributed by atoms with Crippen LogP contribution in [0.15, 0.2) is 34.9 Å². The molecule has 1 N–H and O–H groups in total. The summed E-state index contributed by atoms with van der Waals surface area (Å²) in [5, 5.41) is 5.89. The van der Waals surface area contributed by atoms with Crippen LogP contribution in [0, 0.1) is 6.92 Å². The highest BCUT2D eigenvalue weighted by atomic mass is 32.1. The average molecular weight is 344 g/mol. The first-order valence-corrected chi connectivity index (χ1v) is 8.00. The van der Waals surface area contributed by atoms with E-state index in [1.165, 1.54) is 17.6 Å². The number of fused-ring (bicyclic) bond motifs is 1. The fourth-order valence-corrected chi connectivity index (χ4v) is 3.15. The van der Waals surface area contributed by atoms with Gasteiger partial charge in [-0.05, 0) is 19.1 Å². The Morgan fingerprint density at radius 3 is 2.96 bits per heavy atom. The number of thiazole rings is 1. The van der Waals surface area contributed by atoms with E-state index in [1.54, 1.807) is 31.6 Å². The quantitative estimate of drug-likeness (QED) is 0.570. The Hall–Kier alpha value is -2.87. The summed E-state index contributed by atoms with van der Waals surface area (Å²) in [6, 6.07) is 5.43. The summed E-state index contributed by atoms with van der Waals surface area (Å²) >= 11 is 1.47. The highest BCUT2D eigenvalue weighted by molar-refractivity contribution is 7.15. The van der Waals surface area contributed by atoms with Gasteiger partial charge in [-0.3, -0.25) is 9.20 Å². The number of para-hydroxylation sites is 1. The lowest BCUT2D eigenvalue weighted by molar-refractivity contribution is 0.0948. The van der Waals surface area contributed by atoms with E-state index in [0.717, 1.165) is 4.96 Å². The molecule has 1 amide bonds. The smallest absolute Gasteiger partial charge is 0.290 e. The fourth-order valence-electron chi connectivity index (χ4n) is 2.39. The van der Waals surface area contributed by atoms with Crippen LogP contribution in [0.5, 0.6) is 11.5 Å². The molecule has 124 valence electrons. The predicted molar refractivity (Wildman–Crippen MR) is 92.4 cm³/mol. The molecule has 24 heavy (non-hydrogen) atoms. The molecule has 0 aliphatic carbocycles. The van der Waals surface area contributed by atoms with Crippen LogP contribution in [0.3, 0.4) is 0 Å². The number of amides is 1. The maximum Gasteiger partial charge on any atom is 0.290 e. The topological polar surface area (TPSA) is 77.2 Å². The van der Waals surface area contributed by atoms with Gasteiger partial charge in [0.05, 0.1) is 26.1 Å². The van der Waals surface area contributed by atoms with Gasteiger partial charge in [0.1, 0.15) is 5.69 Å². The zero-order valence-corrected chi connectivity index (χ0v) is 14.3. The van der Waals surface area contributed by atoms with Gasteiger partial charge in [-0.2, -0.15) is 5.10 Å². The summed E-state index contributed by atoms with van der Waals surface area (Å²) in [5.41, 5.74) is 4.35. The Balaban J connectivity index is 1.81. The number of methoxy groups -OCH3 is 2. The van der Waals surface area contributed by atoms with E-state index in [2.05, 4.69) is 15.5 Å². The molecule has 2 heterocycles. The number of hydrogen-bond acceptors (Lipinski definition) is 6. The second-order valence-electron chi connectivity index (χ2n) is 4.88. The summed E-state index contributed by atoms with van der Waals surface area (Å²) in [6.45, 7) is 1.80. The lowest BCUT2D eigenvalue weighted by Crippen LogP contribution is -2.20. The summed E-state index contributed by atoms with van der Waals surface area (Å²) in [5.74, 6) is 0.828. The minimum Gasteiger partial charge on any atom is -0.493 e. The number of aryl methyl sites for hydroxylation is 1. The number of nitrogens with one attached hydrogen (secondary N) is 1. The van der Waals surface area contributed by atoms with Crippen molar-refractivity contribution >= 4 is 28.4 Å². The van der Waals surface area contributed by atoms with Crippen molar-refractivity contribution in [3.63, 3.8) is 0 Å². The van der Waals surface area contributed by atoms with E-state index in [4.69, 9.17) is 9.47 Å². The van der Waals surface area contributed by atoms with Gasteiger partial charge in [-0.15, -0.1) is 11.3 Å². The summed E-state index contributed by atoms with van der Waals surface area (Å²) in [7, 11) is 3.12. The lowest BCUT2D eigenvalue weighted by Gasteiger charge is -2.09. The van der Waals surface area contributed by atoms with Gasteiger partial charge < -0.3 is 9.47 Å². The normalized spacial score (nSPS) is 11.1. The van der Waals surface area contributed by atoms with Crippen LogP contribution in [0.25, 0.3) is 4.96 Å². The molecule has 0 unspecified atom stereocenters. The highest BCUT2D eigenvalue weighted by Crippen LogP contribution is 2.29. The Labute approximate surface area is 142 Å². The van der Waals surface area contributed by atoms with E-state index >= 15 is 0 Å². The molecule has 0 atom stereocenters. The number of ether oxygens (including phenoxy) is 2. The maximum absolute atomic E-state index is 12.4. The number of benzene rings is 1. The first kappa shape index (κ1) is 16.0. The Morgan fingerprint density at radius 2 is 2.21 bits per heavy atom. The molecule has 0 saturated heterocycles. The zero-order valence-electron chi connectivity index (χ0n) is 13.4. The molecule has 1 aromatic carbocycles. The molecule has 7 nitrogen and oxygen atoms in total. The minimum atomic E-state index is -0.323. The van der Waals surface area contributed by atoms with Crippen molar-refractivity contribution in [3.05, 3.63) is 46.7 Å². The first-order chi connectivity index (χ1) is 11.7. The van der Waals surface area contributed by atoms with Crippen LogP contribution in [0.4, 0.5) is 0 Å². The molecule has 0 aliphatic rings. The van der Waals surface area contributed by atoms with Gasteiger partial charge in [-0.1, -0.05) is 6.07 Å². The third kappa shape index (κ3) is 2.83. The molecule has 0 bridgehead atoms. The number of carbonyl (C=O) groups is 1. The van der Waals surface area contributed by atoms with Gasteiger partial charge in [0.15, 0.2) is 16.5 Å². The van der Waals surface area contributed by atoms with Crippen LogP contribution in [0.2, 0.25) is 0 Å². The molecule has 2 aromatic heterocycles. The molecule has 3 rings (SSSR count). The van der Waals surface area contributed by atoms with Crippen molar-refractivity contribution in [2.45, 2.75) is 6.92 Å². The number of carbonyl (C=O) groups excluding carboxylic acids is 1. The maximum atomic E-state index is 12.4. The second-order valence-corrected chi connectivity index (χ2v) is 5.76. The number of hydrogen-bond donors (Lipinski definition) is 1. The van der Waals surface area contributed by atoms with Gasteiger partial charge in [0.2, 0.25) is 0 Å². The molecule has 8 heteroatoms. The number of aromatic nitrogens is 2. The molecule has 0 spiro atoms. The van der Waals surface area contributed by atoms with Crippen molar-refractivity contribution in [3.8, 4) is 11.5 Å². The Bertz CT molecular complexity index is 913. The number of hydrazone groups is 1. The Morgan fingerprint density at radius 1 is 1.38 bits per heavy atom. The summed E-state index contributed by atoms with van der Waals surface area (Å²) in [6.07, 6.45) is 3.32. The standard InChI is InChI=1S/C16H16N4O3S/c1-10-13(20-7-8-24-16(20)18-10)15(21)19-17-9-11-5-4-6-12(22-2)14(11)23-3/h4-9H,1-3H3,(H,19,21)/b17-9-. The molecule has 0 fully saturated rings. The molecule has 3 aromatic rings. The van der Waals surface area contributed by atoms with Crippen molar-refractivity contribution in [1.82, 2.24) is 14.8 Å². The third-order valence-corrected chi connectivity index (χ3v) is 4.21. The average Bonchev–Trinajstić information content (AvgIpc) is 3.14. The van der Waals surface area contributed by atoms with Crippen LogP contribution in [0.1, 0.15) is 21.7 Å². The first-order valence-electron chi connectivity index (χ1n) is 7.12. The Kier molecular flexibility index (Phi) is 4.48. The molecular formula is C16H16N4O3S.